The van der Waals surface area contributed by atoms with Crippen LogP contribution < -0.4 is 0 Å². The van der Waals surface area contributed by atoms with Gasteiger partial charge in [0.15, 0.2) is 0 Å². The first-order valence-corrected chi connectivity index (χ1v) is 7.96. The molecule has 0 radical (unpaired) electrons. The van der Waals surface area contributed by atoms with Crippen LogP contribution in [0.15, 0.2) is 0 Å². The predicted molar refractivity (Wildman–Crippen MR) is 77.9 cm³/mol. The van der Waals surface area contributed by atoms with Crippen molar-refractivity contribution < 1.29 is 0 Å². The Kier molecular flexibility index (Phi) is 5.19. The minimum atomic E-state index is 0.739. The minimum Gasteiger partial charge on any atom is -0.298 e. The highest BCUT2D eigenvalue weighted by Crippen LogP contribution is 2.25. The van der Waals surface area contributed by atoms with Crippen LogP contribution in [0.2, 0.25) is 0 Å². The van der Waals surface area contributed by atoms with E-state index in [0.29, 0.717) is 0 Å². The monoisotopic (exact) mass is 256 g/mol. The van der Waals surface area contributed by atoms with Gasteiger partial charge in [-0.3, -0.25) is 9.80 Å². The van der Waals surface area contributed by atoms with Crippen LogP contribution in [0.4, 0.5) is 0 Å². The number of nitrogens with zero attached hydrogens (tertiary/aromatic N) is 2. The number of fused-ring (bicyclic) bond motifs is 1. The van der Waals surface area contributed by atoms with Crippen LogP contribution in [-0.2, 0) is 0 Å². The molecule has 0 spiro atoms. The maximum atomic E-state index is 4.52. The topological polar surface area (TPSA) is 6.48 Å². The fraction of sp³-hybridized carbons (Fsp3) is 1.00. The number of hydrogen-bond acceptors (Lipinski definition) is 3. The first-order valence-electron chi connectivity index (χ1n) is 7.33. The molecule has 0 saturated carbocycles. The summed E-state index contributed by atoms with van der Waals surface area (Å²) < 4.78 is 0. The van der Waals surface area contributed by atoms with E-state index in [0.717, 1.165) is 23.8 Å². The lowest BCUT2D eigenvalue weighted by Crippen LogP contribution is -2.55. The SMILES string of the molecule is CCCC(CS)CN1CC2CCCN2CC1C. The zero-order valence-electron chi connectivity index (χ0n) is 11.4. The molecule has 0 N–H and O–H groups in total. The molecule has 0 aliphatic carbocycles. The summed E-state index contributed by atoms with van der Waals surface area (Å²) in [6.45, 7) is 9.88. The molecule has 2 aliphatic heterocycles. The van der Waals surface area contributed by atoms with Crippen molar-refractivity contribution in [3.8, 4) is 0 Å². The Labute approximate surface area is 112 Å². The van der Waals surface area contributed by atoms with Gasteiger partial charge in [-0.2, -0.15) is 12.6 Å². The van der Waals surface area contributed by atoms with Crippen molar-refractivity contribution in [2.75, 3.05) is 31.9 Å². The fourth-order valence-electron chi connectivity index (χ4n) is 3.48. The highest BCUT2D eigenvalue weighted by atomic mass is 32.1. The van der Waals surface area contributed by atoms with Gasteiger partial charge in [-0.1, -0.05) is 13.3 Å². The Balaban J connectivity index is 1.87. The molecule has 2 nitrogen and oxygen atoms in total. The summed E-state index contributed by atoms with van der Waals surface area (Å²) in [5.74, 6) is 1.84. The second kappa shape index (κ2) is 6.44. The Morgan fingerprint density at radius 1 is 1.35 bits per heavy atom. The van der Waals surface area contributed by atoms with Crippen LogP contribution in [0.3, 0.4) is 0 Å². The summed E-state index contributed by atoms with van der Waals surface area (Å²) >= 11 is 4.52. The molecule has 0 aromatic heterocycles. The van der Waals surface area contributed by atoms with Crippen LogP contribution in [0.25, 0.3) is 0 Å². The molecule has 0 bridgehead atoms. The van der Waals surface area contributed by atoms with Gasteiger partial charge in [0.25, 0.3) is 0 Å². The van der Waals surface area contributed by atoms with E-state index in [1.165, 1.54) is 51.9 Å². The lowest BCUT2D eigenvalue weighted by atomic mass is 10.0. The van der Waals surface area contributed by atoms with Crippen LogP contribution in [0.5, 0.6) is 0 Å². The molecule has 2 rings (SSSR count). The van der Waals surface area contributed by atoms with Crippen molar-refractivity contribution in [3.05, 3.63) is 0 Å². The number of piperazine rings is 1. The quantitative estimate of drug-likeness (QED) is 0.755. The number of thiol groups is 1. The Morgan fingerprint density at radius 3 is 2.88 bits per heavy atom. The van der Waals surface area contributed by atoms with Crippen molar-refractivity contribution in [1.29, 1.82) is 0 Å². The third kappa shape index (κ3) is 3.39. The van der Waals surface area contributed by atoms with Gasteiger partial charge in [-0.15, -0.1) is 0 Å². The second-order valence-electron chi connectivity index (χ2n) is 5.93. The van der Waals surface area contributed by atoms with Gasteiger partial charge in [-0.05, 0) is 44.4 Å². The lowest BCUT2D eigenvalue weighted by Gasteiger charge is -2.43. The van der Waals surface area contributed by atoms with Crippen molar-refractivity contribution in [2.24, 2.45) is 5.92 Å². The molecule has 0 aromatic carbocycles. The smallest absolute Gasteiger partial charge is 0.0224 e. The van der Waals surface area contributed by atoms with Gasteiger partial charge in [0.1, 0.15) is 0 Å². The Bertz CT molecular complexity index is 234. The van der Waals surface area contributed by atoms with Gasteiger partial charge >= 0.3 is 0 Å². The van der Waals surface area contributed by atoms with Crippen LogP contribution in [0.1, 0.15) is 39.5 Å². The average Bonchev–Trinajstić information content (AvgIpc) is 2.75. The van der Waals surface area contributed by atoms with Gasteiger partial charge in [-0.25, -0.2) is 0 Å². The van der Waals surface area contributed by atoms with Gasteiger partial charge in [0.2, 0.25) is 0 Å². The summed E-state index contributed by atoms with van der Waals surface area (Å²) in [7, 11) is 0. The molecule has 2 fully saturated rings. The molecule has 3 unspecified atom stereocenters. The van der Waals surface area contributed by atoms with Crippen molar-refractivity contribution in [1.82, 2.24) is 9.80 Å². The van der Waals surface area contributed by atoms with Crippen molar-refractivity contribution >= 4 is 12.6 Å². The van der Waals surface area contributed by atoms with Gasteiger partial charge in [0.05, 0.1) is 0 Å². The molecule has 0 amide bonds. The standard InChI is InChI=1S/C14H28N2S/c1-3-5-13(11-17)9-16-10-14-6-4-7-15(14)8-12(16)2/h12-14,17H,3-11H2,1-2H3. The lowest BCUT2D eigenvalue weighted by molar-refractivity contribution is 0.0494. The van der Waals surface area contributed by atoms with E-state index < -0.39 is 0 Å². The van der Waals surface area contributed by atoms with E-state index in [4.69, 9.17) is 0 Å². The van der Waals surface area contributed by atoms with Crippen LogP contribution >= 0.6 is 12.6 Å². The summed E-state index contributed by atoms with van der Waals surface area (Å²) in [6.07, 6.45) is 5.46. The molecule has 2 aliphatic rings. The molecule has 17 heavy (non-hydrogen) atoms. The van der Waals surface area contributed by atoms with Crippen molar-refractivity contribution in [2.45, 2.75) is 51.6 Å². The van der Waals surface area contributed by atoms with E-state index in [1.807, 2.05) is 0 Å². The third-order valence-corrected chi connectivity index (χ3v) is 5.03. The van der Waals surface area contributed by atoms with E-state index in [1.54, 1.807) is 0 Å². The Morgan fingerprint density at radius 2 is 2.18 bits per heavy atom. The molecule has 3 atom stereocenters. The molecular weight excluding hydrogens is 228 g/mol. The van der Waals surface area contributed by atoms with Gasteiger partial charge in [0, 0.05) is 31.7 Å². The molecule has 100 valence electrons. The summed E-state index contributed by atoms with van der Waals surface area (Å²) in [5.41, 5.74) is 0. The van der Waals surface area contributed by atoms with E-state index in [-0.39, 0.29) is 0 Å². The Hall–Kier alpha value is 0.270. The van der Waals surface area contributed by atoms with E-state index in [9.17, 15) is 0 Å². The van der Waals surface area contributed by atoms with Crippen LogP contribution in [0, 0.1) is 5.92 Å². The van der Waals surface area contributed by atoms with E-state index in [2.05, 4.69) is 36.3 Å². The highest BCUT2D eigenvalue weighted by molar-refractivity contribution is 7.80. The molecule has 3 heteroatoms. The predicted octanol–water partition coefficient (Wildman–Crippen LogP) is 2.50. The number of rotatable bonds is 5. The minimum absolute atomic E-state index is 0.739. The maximum absolute atomic E-state index is 4.52. The van der Waals surface area contributed by atoms with E-state index >= 15 is 0 Å². The average molecular weight is 256 g/mol. The number of hydrogen-bond donors (Lipinski definition) is 1. The molecule has 2 heterocycles. The fourth-order valence-corrected chi connectivity index (χ4v) is 3.78. The third-order valence-electron chi connectivity index (χ3n) is 4.51. The summed E-state index contributed by atoms with van der Waals surface area (Å²) in [6, 6.07) is 1.59. The molecule has 2 saturated heterocycles. The zero-order chi connectivity index (χ0) is 12.3. The summed E-state index contributed by atoms with van der Waals surface area (Å²) in [5, 5.41) is 0. The molecule has 0 aromatic rings. The van der Waals surface area contributed by atoms with Gasteiger partial charge < -0.3 is 0 Å². The summed E-state index contributed by atoms with van der Waals surface area (Å²) in [4.78, 5) is 5.43. The maximum Gasteiger partial charge on any atom is 0.0224 e. The first-order chi connectivity index (χ1) is 8.24. The van der Waals surface area contributed by atoms with Crippen molar-refractivity contribution in [3.63, 3.8) is 0 Å². The van der Waals surface area contributed by atoms with Crippen LogP contribution in [-0.4, -0.2) is 53.8 Å². The largest absolute Gasteiger partial charge is 0.298 e. The molecular formula is C14H28N2S. The highest BCUT2D eigenvalue weighted by Gasteiger charge is 2.34. The first kappa shape index (κ1) is 13.7. The zero-order valence-corrected chi connectivity index (χ0v) is 12.3. The normalized spacial score (nSPS) is 32.6. The second-order valence-corrected chi connectivity index (χ2v) is 6.30.